The number of amides is 1. The monoisotopic (exact) mass is 455 g/mol. The van der Waals surface area contributed by atoms with Crippen molar-refractivity contribution in [2.24, 2.45) is 17.3 Å². The number of likely N-dealkylation sites (N-methyl/N-ethyl adjacent to an activating group) is 1. The third-order valence-corrected chi connectivity index (χ3v) is 8.43. The van der Waals surface area contributed by atoms with Crippen LogP contribution in [0.25, 0.3) is 0 Å². The molecule has 1 aromatic rings. The fourth-order valence-corrected chi connectivity index (χ4v) is 5.83. The van der Waals surface area contributed by atoms with Crippen LogP contribution in [0.2, 0.25) is 0 Å². The summed E-state index contributed by atoms with van der Waals surface area (Å²) < 4.78 is 10.6. The molecule has 1 saturated heterocycles. The van der Waals surface area contributed by atoms with E-state index in [1.807, 2.05) is 4.90 Å². The zero-order chi connectivity index (χ0) is 23.6. The average molecular weight is 456 g/mol. The molecule has 2 bridgehead atoms. The maximum atomic E-state index is 13.0. The average Bonchev–Trinajstić information content (AvgIpc) is 2.85. The fraction of sp³-hybridized carbons (Fsp3) is 0.667. The maximum Gasteiger partial charge on any atom is 0.254 e. The highest BCUT2D eigenvalue weighted by molar-refractivity contribution is 5.95. The zero-order valence-electron chi connectivity index (χ0n) is 21.1. The van der Waals surface area contributed by atoms with Crippen LogP contribution in [-0.4, -0.2) is 87.2 Å². The molecule has 1 saturated carbocycles. The van der Waals surface area contributed by atoms with E-state index < -0.39 is 0 Å². The van der Waals surface area contributed by atoms with Crippen LogP contribution in [0.5, 0.6) is 11.5 Å². The van der Waals surface area contributed by atoms with Gasteiger partial charge in [-0.3, -0.25) is 14.6 Å². The van der Waals surface area contributed by atoms with Crippen LogP contribution in [-0.2, 0) is 0 Å². The second-order valence-corrected chi connectivity index (χ2v) is 10.4. The number of carbonyl (C=O) groups is 1. The van der Waals surface area contributed by atoms with Crippen LogP contribution < -0.4 is 9.47 Å². The summed E-state index contributed by atoms with van der Waals surface area (Å²) in [5, 5.41) is 0. The second-order valence-electron chi connectivity index (χ2n) is 10.4. The van der Waals surface area contributed by atoms with Crippen LogP contribution >= 0.6 is 0 Å². The number of hydrogen-bond donors (Lipinski definition) is 0. The molecule has 33 heavy (non-hydrogen) atoms. The first-order chi connectivity index (χ1) is 15.8. The van der Waals surface area contributed by atoms with E-state index in [1.54, 1.807) is 38.0 Å². The van der Waals surface area contributed by atoms with E-state index in [0.29, 0.717) is 22.5 Å². The van der Waals surface area contributed by atoms with E-state index in [2.05, 4.69) is 36.6 Å². The van der Waals surface area contributed by atoms with E-state index in [0.717, 1.165) is 64.2 Å². The van der Waals surface area contributed by atoms with Crippen LogP contribution in [0, 0.1) is 17.3 Å². The number of benzene rings is 1. The summed E-state index contributed by atoms with van der Waals surface area (Å²) in [4.78, 5) is 20.1. The van der Waals surface area contributed by atoms with Crippen molar-refractivity contribution in [1.82, 2.24) is 14.7 Å². The van der Waals surface area contributed by atoms with Crippen molar-refractivity contribution in [3.63, 3.8) is 0 Å². The summed E-state index contributed by atoms with van der Waals surface area (Å²) in [6, 6.07) is 5.38. The molecule has 0 radical (unpaired) electrons. The normalized spacial score (nSPS) is 24.3. The quantitative estimate of drug-likeness (QED) is 0.531. The van der Waals surface area contributed by atoms with Crippen LogP contribution in [0.15, 0.2) is 29.8 Å². The molecule has 2 atom stereocenters. The Morgan fingerprint density at radius 3 is 2.30 bits per heavy atom. The van der Waals surface area contributed by atoms with Crippen LogP contribution in [0.3, 0.4) is 0 Å². The Bertz CT molecular complexity index is 851. The first-order valence-electron chi connectivity index (χ1n) is 12.5. The Morgan fingerprint density at radius 1 is 1.09 bits per heavy atom. The number of fused-ring (bicyclic) bond motifs is 1. The van der Waals surface area contributed by atoms with Gasteiger partial charge >= 0.3 is 0 Å². The Balaban J connectivity index is 1.25. The topological polar surface area (TPSA) is 45.2 Å². The molecule has 0 spiro atoms. The number of ether oxygens (including phenoxy) is 2. The molecule has 4 aliphatic rings. The fourth-order valence-electron chi connectivity index (χ4n) is 5.83. The van der Waals surface area contributed by atoms with Crippen molar-refractivity contribution in [3.8, 4) is 11.5 Å². The van der Waals surface area contributed by atoms with E-state index in [9.17, 15) is 4.79 Å². The first kappa shape index (κ1) is 24.1. The summed E-state index contributed by atoms with van der Waals surface area (Å²) >= 11 is 0. The van der Waals surface area contributed by atoms with E-state index >= 15 is 0 Å². The zero-order valence-corrected chi connectivity index (χ0v) is 21.1. The van der Waals surface area contributed by atoms with Gasteiger partial charge in [0.1, 0.15) is 11.5 Å². The Morgan fingerprint density at radius 2 is 1.76 bits per heavy atom. The smallest absolute Gasteiger partial charge is 0.254 e. The van der Waals surface area contributed by atoms with Crippen molar-refractivity contribution in [1.29, 1.82) is 0 Å². The minimum Gasteiger partial charge on any atom is -0.497 e. The predicted molar refractivity (Wildman–Crippen MR) is 132 cm³/mol. The summed E-state index contributed by atoms with van der Waals surface area (Å²) in [5.74, 6) is 3.02. The summed E-state index contributed by atoms with van der Waals surface area (Å²) in [5.41, 5.74) is 2.80. The van der Waals surface area contributed by atoms with Gasteiger partial charge < -0.3 is 14.4 Å². The lowest BCUT2D eigenvalue weighted by atomic mass is 9.49. The molecule has 1 aromatic carbocycles. The molecule has 3 aliphatic carbocycles. The number of piperazine rings is 1. The van der Waals surface area contributed by atoms with E-state index in [1.165, 1.54) is 12.8 Å². The first-order valence-corrected chi connectivity index (χ1v) is 12.5. The van der Waals surface area contributed by atoms with E-state index in [-0.39, 0.29) is 5.91 Å². The van der Waals surface area contributed by atoms with Crippen molar-refractivity contribution in [2.45, 2.75) is 33.6 Å². The second kappa shape index (κ2) is 10.1. The minimum atomic E-state index is 0.0488. The third-order valence-electron chi connectivity index (χ3n) is 8.43. The van der Waals surface area contributed by atoms with Crippen molar-refractivity contribution in [2.75, 3.05) is 66.6 Å². The molecular formula is C27H41N3O3. The molecule has 1 amide bonds. The predicted octanol–water partition coefficient (Wildman–Crippen LogP) is 3.78. The molecule has 6 heteroatoms. The molecule has 0 N–H and O–H groups in total. The van der Waals surface area contributed by atoms with Crippen molar-refractivity contribution < 1.29 is 14.3 Å². The van der Waals surface area contributed by atoms with Crippen molar-refractivity contribution in [3.05, 3.63) is 35.4 Å². The molecule has 1 heterocycles. The summed E-state index contributed by atoms with van der Waals surface area (Å²) in [7, 11) is 3.21. The Labute approximate surface area is 199 Å². The molecule has 1 aliphatic heterocycles. The van der Waals surface area contributed by atoms with Gasteiger partial charge in [-0.15, -0.1) is 0 Å². The van der Waals surface area contributed by atoms with Gasteiger partial charge in [-0.2, -0.15) is 0 Å². The largest absolute Gasteiger partial charge is 0.497 e. The number of nitrogens with zero attached hydrogens (tertiary/aromatic N) is 3. The third kappa shape index (κ3) is 5.07. The number of rotatable bonds is 9. The summed E-state index contributed by atoms with van der Waals surface area (Å²) in [6.07, 6.45) is 5.20. The Kier molecular flexibility index (Phi) is 7.34. The lowest BCUT2D eigenvalue weighted by molar-refractivity contribution is -0.0108. The van der Waals surface area contributed by atoms with Crippen LogP contribution in [0.4, 0.5) is 0 Å². The molecule has 0 aromatic heterocycles. The molecule has 5 rings (SSSR count). The highest BCUT2D eigenvalue weighted by Gasteiger charge is 2.51. The number of allylic oxidation sites excluding steroid dienone is 1. The number of hydrogen-bond acceptors (Lipinski definition) is 5. The molecular weight excluding hydrogens is 414 g/mol. The lowest BCUT2D eigenvalue weighted by Crippen LogP contribution is -2.51. The molecule has 182 valence electrons. The van der Waals surface area contributed by atoms with Gasteiger partial charge in [0.25, 0.3) is 5.91 Å². The van der Waals surface area contributed by atoms with Gasteiger partial charge in [-0.05, 0) is 48.8 Å². The Hall–Kier alpha value is -2.05. The van der Waals surface area contributed by atoms with Gasteiger partial charge in [0, 0.05) is 57.4 Å². The number of methoxy groups -OCH3 is 2. The number of carbonyl (C=O) groups excluding carboxylic acids is 1. The highest BCUT2D eigenvalue weighted by Crippen LogP contribution is 2.59. The van der Waals surface area contributed by atoms with Gasteiger partial charge in [0.05, 0.1) is 14.2 Å². The van der Waals surface area contributed by atoms with Crippen LogP contribution in [0.1, 0.15) is 44.0 Å². The standard InChI is InChI=1S/C27H41N3O3/c1-6-28(19-20-7-8-22-17-25(20)27(22,2)3)9-10-29-11-13-30(14-12-29)26(31)21-15-23(32-4)18-24(16-21)33-5/h7,15-16,18,22,25H,6,8-14,17,19H2,1-5H3. The SMILES string of the molecule is CCN(CCN1CCN(C(=O)c2cc(OC)cc(OC)c2)CC1)CC1=CCC2CC1C2(C)C. The van der Waals surface area contributed by atoms with Gasteiger partial charge in [0.15, 0.2) is 0 Å². The summed E-state index contributed by atoms with van der Waals surface area (Å²) in [6.45, 7) is 14.9. The molecule has 6 nitrogen and oxygen atoms in total. The van der Waals surface area contributed by atoms with Gasteiger partial charge in [-0.1, -0.05) is 32.4 Å². The lowest BCUT2D eigenvalue weighted by Gasteiger charge is -2.57. The highest BCUT2D eigenvalue weighted by atomic mass is 16.5. The van der Waals surface area contributed by atoms with Gasteiger partial charge in [0.2, 0.25) is 0 Å². The minimum absolute atomic E-state index is 0.0488. The molecule has 2 unspecified atom stereocenters. The van der Waals surface area contributed by atoms with E-state index in [4.69, 9.17) is 9.47 Å². The van der Waals surface area contributed by atoms with Crippen molar-refractivity contribution >= 4 is 5.91 Å². The maximum absolute atomic E-state index is 13.0. The molecule has 2 fully saturated rings. The van der Waals surface area contributed by atoms with Gasteiger partial charge in [-0.25, -0.2) is 0 Å².